The maximum atomic E-state index is 13.8. The predicted octanol–water partition coefficient (Wildman–Crippen LogP) is 4.54. The highest BCUT2D eigenvalue weighted by molar-refractivity contribution is 7.13. The first kappa shape index (κ1) is 22.7. The number of benzene rings is 1. The first-order chi connectivity index (χ1) is 16.6. The number of carbonyl (C=O) groups excluding carboxylic acids is 1. The van der Waals surface area contributed by atoms with Gasteiger partial charge < -0.3 is 10.1 Å². The molecule has 0 aliphatic carbocycles. The van der Waals surface area contributed by atoms with Gasteiger partial charge in [-0.25, -0.2) is 9.67 Å². The molecule has 1 aliphatic heterocycles. The van der Waals surface area contributed by atoms with Crippen LogP contribution in [0.25, 0.3) is 21.6 Å². The van der Waals surface area contributed by atoms with Gasteiger partial charge in [-0.1, -0.05) is 36.4 Å². The van der Waals surface area contributed by atoms with Crippen LogP contribution in [0.4, 0.5) is 0 Å². The van der Waals surface area contributed by atoms with Crippen LogP contribution >= 0.6 is 11.3 Å². The number of hydrogen-bond acceptors (Lipinski definition) is 6. The van der Waals surface area contributed by atoms with Gasteiger partial charge in [0.25, 0.3) is 5.91 Å². The molecular weight excluding hydrogens is 446 g/mol. The number of ether oxygens (including phenoxy) is 1. The maximum Gasteiger partial charge on any atom is 0.252 e. The van der Waals surface area contributed by atoms with E-state index in [1.54, 1.807) is 17.5 Å². The molecule has 1 atom stereocenters. The zero-order chi connectivity index (χ0) is 23.5. The lowest BCUT2D eigenvalue weighted by molar-refractivity contribution is 0.0332. The van der Waals surface area contributed by atoms with Gasteiger partial charge in [-0.2, -0.15) is 5.10 Å². The van der Waals surface area contributed by atoms with Gasteiger partial charge in [0, 0.05) is 25.7 Å². The first-order valence-corrected chi connectivity index (χ1v) is 12.6. The number of carbonyl (C=O) groups is 1. The molecule has 0 saturated carbocycles. The SMILES string of the molecule is CC(C)n1ncc2c(C(=O)NC(CN3CCOCC3)c3ccccc3)cc(-c3cccs3)nc21. The number of thiophene rings is 1. The van der Waals surface area contributed by atoms with E-state index in [0.29, 0.717) is 5.56 Å². The van der Waals surface area contributed by atoms with Crippen LogP contribution in [-0.2, 0) is 4.74 Å². The predicted molar refractivity (Wildman–Crippen MR) is 135 cm³/mol. The standard InChI is InChI=1S/C26H29N5O2S/c1-18(2)31-25-21(16-27-31)20(15-22(28-25)24-9-6-14-34-24)26(32)29-23(19-7-4-3-5-8-19)17-30-10-12-33-13-11-30/h3-9,14-16,18,23H,10-13,17H2,1-2H3,(H,29,32). The summed E-state index contributed by atoms with van der Waals surface area (Å²) in [5, 5.41) is 10.7. The first-order valence-electron chi connectivity index (χ1n) is 11.7. The Balaban J connectivity index is 1.51. The summed E-state index contributed by atoms with van der Waals surface area (Å²) in [5.74, 6) is -0.115. The highest BCUT2D eigenvalue weighted by Gasteiger charge is 2.24. The third kappa shape index (κ3) is 4.75. The van der Waals surface area contributed by atoms with Crippen molar-refractivity contribution in [3.63, 3.8) is 0 Å². The molecule has 1 fully saturated rings. The van der Waals surface area contributed by atoms with Crippen molar-refractivity contribution in [2.45, 2.75) is 25.9 Å². The summed E-state index contributed by atoms with van der Waals surface area (Å²) >= 11 is 1.61. The minimum absolute atomic E-state index is 0.115. The van der Waals surface area contributed by atoms with Crippen LogP contribution in [-0.4, -0.2) is 58.4 Å². The monoisotopic (exact) mass is 475 g/mol. The molecule has 3 aromatic heterocycles. The summed E-state index contributed by atoms with van der Waals surface area (Å²) in [7, 11) is 0. The van der Waals surface area contributed by atoms with E-state index in [1.807, 2.05) is 46.5 Å². The zero-order valence-electron chi connectivity index (χ0n) is 19.5. The Morgan fingerprint density at radius 2 is 1.94 bits per heavy atom. The summed E-state index contributed by atoms with van der Waals surface area (Å²) in [6, 6.07) is 16.1. The van der Waals surface area contributed by atoms with E-state index in [2.05, 4.69) is 41.3 Å². The van der Waals surface area contributed by atoms with Crippen molar-refractivity contribution >= 4 is 28.3 Å². The molecule has 4 heterocycles. The Bertz CT molecular complexity index is 1250. The lowest BCUT2D eigenvalue weighted by Crippen LogP contribution is -2.43. The average Bonchev–Trinajstić information content (AvgIpc) is 3.54. The van der Waals surface area contributed by atoms with Crippen LogP contribution in [0.15, 0.2) is 60.1 Å². The van der Waals surface area contributed by atoms with Gasteiger partial charge in [0.2, 0.25) is 0 Å². The number of pyridine rings is 1. The Morgan fingerprint density at radius 3 is 2.65 bits per heavy atom. The largest absolute Gasteiger partial charge is 0.379 e. The Hall–Kier alpha value is -3.07. The van der Waals surface area contributed by atoms with Crippen LogP contribution < -0.4 is 5.32 Å². The summed E-state index contributed by atoms with van der Waals surface area (Å²) in [6.07, 6.45) is 1.76. The van der Waals surface area contributed by atoms with Gasteiger partial charge in [0.05, 0.1) is 47.0 Å². The molecule has 4 aromatic rings. The topological polar surface area (TPSA) is 72.3 Å². The third-order valence-corrected chi connectivity index (χ3v) is 7.02. The molecule has 7 nitrogen and oxygen atoms in total. The molecule has 0 bridgehead atoms. The van der Waals surface area contributed by atoms with Crippen molar-refractivity contribution in [3.05, 3.63) is 71.2 Å². The van der Waals surface area contributed by atoms with E-state index in [-0.39, 0.29) is 18.0 Å². The average molecular weight is 476 g/mol. The van der Waals surface area contributed by atoms with Gasteiger partial charge in [-0.05, 0) is 36.9 Å². The molecular formula is C26H29N5O2S. The van der Waals surface area contributed by atoms with E-state index in [4.69, 9.17) is 9.72 Å². The minimum atomic E-state index is -0.139. The Kier molecular flexibility index (Phi) is 6.71. The van der Waals surface area contributed by atoms with E-state index in [0.717, 1.165) is 60.0 Å². The van der Waals surface area contributed by atoms with Crippen molar-refractivity contribution in [3.8, 4) is 10.6 Å². The second-order valence-electron chi connectivity index (χ2n) is 8.80. The smallest absolute Gasteiger partial charge is 0.252 e. The Morgan fingerprint density at radius 1 is 1.15 bits per heavy atom. The van der Waals surface area contributed by atoms with Crippen LogP contribution in [0, 0.1) is 0 Å². The lowest BCUT2D eigenvalue weighted by atomic mass is 10.0. The van der Waals surface area contributed by atoms with Gasteiger partial charge in [0.15, 0.2) is 5.65 Å². The number of nitrogens with zero attached hydrogens (tertiary/aromatic N) is 4. The number of aromatic nitrogens is 3. The molecule has 34 heavy (non-hydrogen) atoms. The van der Waals surface area contributed by atoms with Crippen molar-refractivity contribution < 1.29 is 9.53 Å². The van der Waals surface area contributed by atoms with Gasteiger partial charge >= 0.3 is 0 Å². The minimum Gasteiger partial charge on any atom is -0.379 e. The Labute approximate surface area is 203 Å². The van der Waals surface area contributed by atoms with Gasteiger partial charge in [-0.15, -0.1) is 11.3 Å². The fraction of sp³-hybridized carbons (Fsp3) is 0.346. The third-order valence-electron chi connectivity index (χ3n) is 6.13. The fourth-order valence-electron chi connectivity index (χ4n) is 4.33. The van der Waals surface area contributed by atoms with Gasteiger partial charge in [0.1, 0.15) is 0 Å². The van der Waals surface area contributed by atoms with Crippen molar-refractivity contribution in [2.75, 3.05) is 32.8 Å². The zero-order valence-corrected chi connectivity index (χ0v) is 20.3. The molecule has 1 aliphatic rings. The second kappa shape index (κ2) is 10.0. The normalized spacial score (nSPS) is 15.6. The van der Waals surface area contributed by atoms with Crippen molar-refractivity contribution in [1.29, 1.82) is 0 Å². The summed E-state index contributed by atoms with van der Waals surface area (Å²) in [6.45, 7) is 8.04. The highest BCUT2D eigenvalue weighted by atomic mass is 32.1. The van der Waals surface area contributed by atoms with E-state index in [1.165, 1.54) is 0 Å². The number of amides is 1. The summed E-state index contributed by atoms with van der Waals surface area (Å²) in [5.41, 5.74) is 3.21. The van der Waals surface area contributed by atoms with Crippen molar-refractivity contribution in [2.24, 2.45) is 0 Å². The maximum absolute atomic E-state index is 13.8. The van der Waals surface area contributed by atoms with Crippen molar-refractivity contribution in [1.82, 2.24) is 25.0 Å². The summed E-state index contributed by atoms with van der Waals surface area (Å²) < 4.78 is 7.39. The number of rotatable bonds is 7. The molecule has 8 heteroatoms. The molecule has 5 rings (SSSR count). The number of fused-ring (bicyclic) bond motifs is 1. The van der Waals surface area contributed by atoms with E-state index >= 15 is 0 Å². The molecule has 1 aromatic carbocycles. The van der Waals surface area contributed by atoms with Crippen LogP contribution in [0.1, 0.15) is 41.9 Å². The molecule has 0 spiro atoms. The lowest BCUT2D eigenvalue weighted by Gasteiger charge is -2.31. The van der Waals surface area contributed by atoms with E-state index < -0.39 is 0 Å². The number of nitrogens with one attached hydrogen (secondary N) is 1. The molecule has 1 amide bonds. The molecule has 0 radical (unpaired) electrons. The van der Waals surface area contributed by atoms with Crippen LogP contribution in [0.3, 0.4) is 0 Å². The highest BCUT2D eigenvalue weighted by Crippen LogP contribution is 2.29. The second-order valence-corrected chi connectivity index (χ2v) is 9.75. The fourth-order valence-corrected chi connectivity index (χ4v) is 5.02. The van der Waals surface area contributed by atoms with Gasteiger partial charge in [-0.3, -0.25) is 9.69 Å². The number of hydrogen-bond donors (Lipinski definition) is 1. The number of morpholine rings is 1. The summed E-state index contributed by atoms with van der Waals surface area (Å²) in [4.78, 5) is 22.0. The van der Waals surface area contributed by atoms with Crippen LogP contribution in [0.5, 0.6) is 0 Å². The molecule has 176 valence electrons. The molecule has 1 N–H and O–H groups in total. The molecule has 1 unspecified atom stereocenters. The molecule has 1 saturated heterocycles. The quantitative estimate of drug-likeness (QED) is 0.425. The van der Waals surface area contributed by atoms with Crippen LogP contribution in [0.2, 0.25) is 0 Å². The van der Waals surface area contributed by atoms with E-state index in [9.17, 15) is 4.79 Å².